The molecule has 2 heterocycles. The number of hydrogen-bond acceptors (Lipinski definition) is 4. The summed E-state index contributed by atoms with van der Waals surface area (Å²) in [5.74, 6) is 1.58. The molecule has 0 fully saturated rings. The molecule has 0 bridgehead atoms. The van der Waals surface area contributed by atoms with Crippen molar-refractivity contribution in [2.45, 2.75) is 25.3 Å². The molecule has 25 heavy (non-hydrogen) atoms. The zero-order chi connectivity index (χ0) is 17.0. The van der Waals surface area contributed by atoms with E-state index in [9.17, 15) is 4.79 Å². The van der Waals surface area contributed by atoms with Gasteiger partial charge in [-0.3, -0.25) is 4.79 Å². The highest BCUT2D eigenvalue weighted by molar-refractivity contribution is 6.30. The normalized spacial score (nSPS) is 19.6. The van der Waals surface area contributed by atoms with Gasteiger partial charge in [0.15, 0.2) is 5.78 Å². The van der Waals surface area contributed by atoms with Crippen LogP contribution in [0.4, 0.5) is 0 Å². The number of hydrogen-bond donors (Lipinski definition) is 0. The van der Waals surface area contributed by atoms with Crippen molar-refractivity contribution in [3.05, 3.63) is 64.4 Å². The van der Waals surface area contributed by atoms with Gasteiger partial charge in [0.05, 0.1) is 11.1 Å². The van der Waals surface area contributed by atoms with Gasteiger partial charge in [0.25, 0.3) is 0 Å². The molecule has 0 spiro atoms. The number of ether oxygens (including phenoxy) is 1. The monoisotopic (exact) mass is 351 g/mol. The molecule has 1 atom stereocenters. The topological polar surface area (TPSA) is 57.0 Å². The number of benzene rings is 2. The maximum atomic E-state index is 12.7. The molecule has 3 aromatic rings. The first-order valence-electron chi connectivity index (χ1n) is 8.26. The minimum atomic E-state index is -0.363. The third-order valence-corrected chi connectivity index (χ3v) is 5.04. The quantitative estimate of drug-likeness (QED) is 0.663. The molecule has 1 unspecified atom stereocenters. The van der Waals surface area contributed by atoms with E-state index in [-0.39, 0.29) is 11.8 Å². The second-order valence-corrected chi connectivity index (χ2v) is 6.76. The van der Waals surface area contributed by atoms with Gasteiger partial charge in [-0.2, -0.15) is 0 Å². The van der Waals surface area contributed by atoms with E-state index >= 15 is 0 Å². The summed E-state index contributed by atoms with van der Waals surface area (Å²) in [6.07, 6.45) is 2.10. The van der Waals surface area contributed by atoms with Crippen LogP contribution in [-0.2, 0) is 4.79 Å². The predicted octanol–water partition coefficient (Wildman–Crippen LogP) is 4.07. The van der Waals surface area contributed by atoms with Crippen LogP contribution in [0.5, 0.6) is 5.75 Å². The number of allylic oxidation sites excluding steroid dienone is 2. The number of aromatic nitrogens is 3. The van der Waals surface area contributed by atoms with Crippen LogP contribution in [0.2, 0.25) is 5.02 Å². The molecule has 0 radical (unpaired) electrons. The van der Waals surface area contributed by atoms with E-state index in [2.05, 4.69) is 10.3 Å². The molecule has 0 saturated carbocycles. The van der Waals surface area contributed by atoms with Crippen LogP contribution < -0.4 is 4.74 Å². The fraction of sp³-hybridized carbons (Fsp3) is 0.211. The van der Waals surface area contributed by atoms with Gasteiger partial charge in [0.2, 0.25) is 0 Å². The minimum absolute atomic E-state index is 0.108. The maximum Gasteiger partial charge on any atom is 0.164 e. The number of rotatable bonds is 1. The highest BCUT2D eigenvalue weighted by Gasteiger charge is 2.38. The molecule has 0 amide bonds. The number of halogens is 1. The van der Waals surface area contributed by atoms with E-state index in [4.69, 9.17) is 16.3 Å². The molecule has 1 aromatic heterocycles. The van der Waals surface area contributed by atoms with Gasteiger partial charge in [-0.15, -0.1) is 5.10 Å². The molecule has 1 aliphatic heterocycles. The average molecular weight is 352 g/mol. The molecule has 2 aliphatic rings. The lowest BCUT2D eigenvalue weighted by atomic mass is 9.85. The van der Waals surface area contributed by atoms with Crippen molar-refractivity contribution in [3.63, 3.8) is 0 Å². The van der Waals surface area contributed by atoms with Crippen molar-refractivity contribution in [1.29, 1.82) is 0 Å². The van der Waals surface area contributed by atoms with Crippen molar-refractivity contribution < 1.29 is 9.53 Å². The summed E-state index contributed by atoms with van der Waals surface area (Å²) in [5, 5.41) is 9.21. The third kappa shape index (κ3) is 2.19. The van der Waals surface area contributed by atoms with E-state index in [0.29, 0.717) is 17.0 Å². The highest BCUT2D eigenvalue weighted by atomic mass is 35.5. The Balaban J connectivity index is 1.81. The van der Waals surface area contributed by atoms with Crippen LogP contribution in [-0.4, -0.2) is 20.8 Å². The Morgan fingerprint density at radius 2 is 2.04 bits per heavy atom. The lowest BCUT2D eigenvalue weighted by molar-refractivity contribution is -0.116. The Labute approximate surface area is 148 Å². The Hall–Kier alpha value is -2.66. The first-order valence-corrected chi connectivity index (χ1v) is 8.63. The number of nitrogens with zero attached hydrogens (tertiary/aromatic N) is 3. The fourth-order valence-corrected chi connectivity index (χ4v) is 3.87. The summed E-state index contributed by atoms with van der Waals surface area (Å²) in [6, 6.07) is 12.9. The summed E-state index contributed by atoms with van der Waals surface area (Å²) in [4.78, 5) is 12.7. The maximum absolute atomic E-state index is 12.7. The predicted molar refractivity (Wildman–Crippen MR) is 93.6 cm³/mol. The highest BCUT2D eigenvalue weighted by Crippen LogP contribution is 2.45. The van der Waals surface area contributed by atoms with E-state index in [1.165, 1.54) is 0 Å². The molecule has 5 nitrogen and oxygen atoms in total. The minimum Gasteiger partial charge on any atom is -0.461 e. The Kier molecular flexibility index (Phi) is 3.18. The third-order valence-electron chi connectivity index (χ3n) is 4.80. The molecular weight excluding hydrogens is 338 g/mol. The van der Waals surface area contributed by atoms with Gasteiger partial charge >= 0.3 is 0 Å². The summed E-state index contributed by atoms with van der Waals surface area (Å²) in [6.45, 7) is 0. The lowest BCUT2D eigenvalue weighted by Gasteiger charge is -2.32. The van der Waals surface area contributed by atoms with E-state index < -0.39 is 0 Å². The van der Waals surface area contributed by atoms with Crippen LogP contribution in [0.3, 0.4) is 0 Å². The summed E-state index contributed by atoms with van der Waals surface area (Å²) < 4.78 is 7.85. The number of ketones is 1. The summed E-state index contributed by atoms with van der Waals surface area (Å²) in [7, 11) is 0. The van der Waals surface area contributed by atoms with Gasteiger partial charge < -0.3 is 4.74 Å². The van der Waals surface area contributed by atoms with Crippen LogP contribution >= 0.6 is 11.6 Å². The number of carbonyl (C=O) groups is 1. The van der Waals surface area contributed by atoms with Crippen LogP contribution in [0.1, 0.15) is 30.9 Å². The Morgan fingerprint density at radius 3 is 2.96 bits per heavy atom. The van der Waals surface area contributed by atoms with Crippen LogP contribution in [0.15, 0.2) is 53.8 Å². The van der Waals surface area contributed by atoms with E-state index in [0.717, 1.165) is 40.9 Å². The van der Waals surface area contributed by atoms with Crippen molar-refractivity contribution in [2.75, 3.05) is 0 Å². The number of carbonyl (C=O) groups excluding carboxylic acids is 1. The fourth-order valence-electron chi connectivity index (χ4n) is 3.69. The number of Topliss-reactive ketones (excluding diaryl/α,β-unsaturated/α-hetero) is 1. The van der Waals surface area contributed by atoms with Crippen molar-refractivity contribution in [3.8, 4) is 5.75 Å². The zero-order valence-electron chi connectivity index (χ0n) is 13.3. The van der Waals surface area contributed by atoms with E-state index in [1.807, 2.05) is 41.1 Å². The first kappa shape index (κ1) is 14.7. The van der Waals surface area contributed by atoms with Crippen LogP contribution in [0.25, 0.3) is 11.0 Å². The molecule has 0 N–H and O–H groups in total. The van der Waals surface area contributed by atoms with E-state index in [1.54, 1.807) is 6.07 Å². The largest absolute Gasteiger partial charge is 0.461 e. The van der Waals surface area contributed by atoms with Crippen molar-refractivity contribution >= 4 is 28.4 Å². The Bertz CT molecular complexity index is 1050. The smallest absolute Gasteiger partial charge is 0.164 e. The molecule has 124 valence electrons. The van der Waals surface area contributed by atoms with Gasteiger partial charge in [-0.1, -0.05) is 28.9 Å². The second kappa shape index (κ2) is 5.43. The SMILES string of the molecule is O=C1CCCC2=C1C(n1nnc3ccccc31)c1cc(Cl)ccc1O2. The summed E-state index contributed by atoms with van der Waals surface area (Å²) >= 11 is 6.23. The molecule has 0 saturated heterocycles. The standard InChI is InChI=1S/C19H14ClN3O2/c20-11-8-9-16-12(10-11)19(18-15(24)6-3-7-17(18)25-16)23-14-5-2-1-4-13(14)21-22-23/h1-2,4-5,8-10,19H,3,6-7H2. The van der Waals surface area contributed by atoms with Gasteiger partial charge in [0, 0.05) is 23.4 Å². The molecule has 5 rings (SSSR count). The van der Waals surface area contributed by atoms with Crippen molar-refractivity contribution in [1.82, 2.24) is 15.0 Å². The first-order chi connectivity index (χ1) is 12.2. The van der Waals surface area contributed by atoms with Gasteiger partial charge in [-0.25, -0.2) is 4.68 Å². The molecule has 6 heteroatoms. The zero-order valence-corrected chi connectivity index (χ0v) is 14.0. The Morgan fingerprint density at radius 1 is 1.16 bits per heavy atom. The lowest BCUT2D eigenvalue weighted by Crippen LogP contribution is -2.29. The van der Waals surface area contributed by atoms with Gasteiger partial charge in [0.1, 0.15) is 23.1 Å². The molecule has 2 aromatic carbocycles. The van der Waals surface area contributed by atoms with Crippen molar-refractivity contribution in [2.24, 2.45) is 0 Å². The number of fused-ring (bicyclic) bond motifs is 2. The molecule has 1 aliphatic carbocycles. The average Bonchev–Trinajstić information content (AvgIpc) is 3.04. The van der Waals surface area contributed by atoms with Gasteiger partial charge in [-0.05, 0) is 36.8 Å². The number of para-hydroxylation sites is 1. The molecular formula is C19H14ClN3O2. The summed E-state index contributed by atoms with van der Waals surface area (Å²) in [5.41, 5.74) is 3.20. The van der Waals surface area contributed by atoms with Crippen LogP contribution in [0, 0.1) is 0 Å². The second-order valence-electron chi connectivity index (χ2n) is 6.32.